The summed E-state index contributed by atoms with van der Waals surface area (Å²) in [5.41, 5.74) is 1.68. The predicted octanol–water partition coefficient (Wildman–Crippen LogP) is 2.32. The van der Waals surface area contributed by atoms with E-state index in [1.165, 1.54) is 26.2 Å². The van der Waals surface area contributed by atoms with E-state index in [1.807, 2.05) is 13.0 Å². The lowest BCUT2D eigenvalue weighted by atomic mass is 10.1. The van der Waals surface area contributed by atoms with Crippen LogP contribution >= 0.6 is 0 Å². The van der Waals surface area contributed by atoms with Gasteiger partial charge in [-0.05, 0) is 50.8 Å². The Morgan fingerprint density at radius 1 is 1.22 bits per heavy atom. The molecule has 2 rings (SSSR count). The second kappa shape index (κ2) is 8.67. The van der Waals surface area contributed by atoms with Crippen molar-refractivity contribution < 1.29 is 22.7 Å². The molecule has 0 fully saturated rings. The second-order valence-corrected chi connectivity index (χ2v) is 8.72. The fourth-order valence-corrected chi connectivity index (χ4v) is 3.84. The first kappa shape index (κ1) is 21.1. The fourth-order valence-electron chi connectivity index (χ4n) is 2.91. The lowest BCUT2D eigenvalue weighted by molar-refractivity contribution is -0.132. The molecule has 1 aliphatic rings. The number of hydrogen-bond donors (Lipinski definition) is 0. The maximum atomic E-state index is 12.4. The average Bonchev–Trinajstić information content (AvgIpc) is 3.14. The molecule has 0 spiro atoms. The highest BCUT2D eigenvalue weighted by Crippen LogP contribution is 2.22. The molecule has 0 aromatic heterocycles. The summed E-state index contributed by atoms with van der Waals surface area (Å²) in [5.74, 6) is -0.998. The van der Waals surface area contributed by atoms with Crippen LogP contribution in [-0.4, -0.2) is 56.7 Å². The Hall–Kier alpha value is -2.19. The summed E-state index contributed by atoms with van der Waals surface area (Å²) in [6, 6.07) is 4.28. The van der Waals surface area contributed by atoms with Crippen LogP contribution in [0.5, 0.6) is 0 Å². The number of amides is 1. The van der Waals surface area contributed by atoms with E-state index in [0.717, 1.165) is 29.3 Å². The number of sulfonamides is 1. The molecule has 0 N–H and O–H groups in total. The van der Waals surface area contributed by atoms with Crippen LogP contribution in [-0.2, 0) is 19.6 Å². The number of benzene rings is 1. The van der Waals surface area contributed by atoms with E-state index < -0.39 is 16.0 Å². The van der Waals surface area contributed by atoms with Gasteiger partial charge >= 0.3 is 5.97 Å². The minimum Gasteiger partial charge on any atom is -0.452 e. The third-order valence-electron chi connectivity index (χ3n) is 4.52. The van der Waals surface area contributed by atoms with Crippen LogP contribution in [0.15, 0.2) is 34.9 Å². The molecule has 1 aromatic rings. The normalized spacial score (nSPS) is 14.2. The molecule has 0 saturated carbocycles. The van der Waals surface area contributed by atoms with Gasteiger partial charge in [0.15, 0.2) is 6.61 Å². The molecule has 0 aliphatic heterocycles. The van der Waals surface area contributed by atoms with E-state index in [1.54, 1.807) is 17.9 Å². The number of hydrogen-bond acceptors (Lipinski definition) is 5. The van der Waals surface area contributed by atoms with Crippen LogP contribution in [0.1, 0.15) is 42.1 Å². The van der Waals surface area contributed by atoms with Gasteiger partial charge in [-0.2, -0.15) is 0 Å². The highest BCUT2D eigenvalue weighted by Gasteiger charge is 2.23. The van der Waals surface area contributed by atoms with Gasteiger partial charge in [0, 0.05) is 26.3 Å². The SMILES string of the molecule is CCN(C(=O)COC(=O)c1cc(S(=O)(=O)N(C)C)ccc1C)C1=CCCC1. The molecular formula is C19H26N2O5S. The van der Waals surface area contributed by atoms with Crippen molar-refractivity contribution in [2.75, 3.05) is 27.2 Å². The molecule has 0 atom stereocenters. The van der Waals surface area contributed by atoms with Gasteiger partial charge in [-0.15, -0.1) is 0 Å². The summed E-state index contributed by atoms with van der Waals surface area (Å²) in [6.45, 7) is 3.69. The topological polar surface area (TPSA) is 84.0 Å². The van der Waals surface area contributed by atoms with Crippen LogP contribution in [0.2, 0.25) is 0 Å². The lowest BCUT2D eigenvalue weighted by Gasteiger charge is -2.22. The predicted molar refractivity (Wildman–Crippen MR) is 102 cm³/mol. The maximum absolute atomic E-state index is 12.4. The number of allylic oxidation sites excluding steroid dienone is 2. The maximum Gasteiger partial charge on any atom is 0.338 e. The van der Waals surface area contributed by atoms with E-state index in [0.29, 0.717) is 12.1 Å². The van der Waals surface area contributed by atoms with Crippen LogP contribution in [0, 0.1) is 6.92 Å². The minimum absolute atomic E-state index is 0.00247. The summed E-state index contributed by atoms with van der Waals surface area (Å²) in [7, 11) is -0.827. The molecule has 0 bridgehead atoms. The molecule has 148 valence electrons. The van der Waals surface area contributed by atoms with Gasteiger partial charge in [-0.1, -0.05) is 12.1 Å². The standard InChI is InChI=1S/C19H26N2O5S/c1-5-21(15-8-6-7-9-15)18(22)13-26-19(23)17-12-16(11-10-14(17)2)27(24,25)20(3)4/h8,10-12H,5-7,9,13H2,1-4H3. The third-order valence-corrected chi connectivity index (χ3v) is 6.33. The van der Waals surface area contributed by atoms with Crippen molar-refractivity contribution in [2.45, 2.75) is 38.0 Å². The Labute approximate surface area is 160 Å². The Kier molecular flexibility index (Phi) is 6.78. The molecule has 1 aliphatic carbocycles. The van der Waals surface area contributed by atoms with Crippen molar-refractivity contribution in [3.63, 3.8) is 0 Å². The molecule has 7 nitrogen and oxygen atoms in total. The monoisotopic (exact) mass is 394 g/mol. The van der Waals surface area contributed by atoms with Crippen LogP contribution in [0.4, 0.5) is 0 Å². The van der Waals surface area contributed by atoms with Gasteiger partial charge < -0.3 is 9.64 Å². The van der Waals surface area contributed by atoms with Gasteiger partial charge in [0.1, 0.15) is 0 Å². The van der Waals surface area contributed by atoms with E-state index >= 15 is 0 Å². The summed E-state index contributed by atoms with van der Waals surface area (Å²) in [6.07, 6.45) is 4.84. The van der Waals surface area contributed by atoms with Crippen molar-refractivity contribution in [3.8, 4) is 0 Å². The molecule has 8 heteroatoms. The van der Waals surface area contributed by atoms with E-state index in [4.69, 9.17) is 4.74 Å². The minimum atomic E-state index is -3.67. The Morgan fingerprint density at radius 3 is 2.48 bits per heavy atom. The smallest absolute Gasteiger partial charge is 0.338 e. The zero-order valence-corrected chi connectivity index (χ0v) is 17.0. The van der Waals surface area contributed by atoms with Gasteiger partial charge in [0.2, 0.25) is 10.0 Å². The average molecular weight is 394 g/mol. The number of ether oxygens (including phenoxy) is 1. The number of nitrogens with zero attached hydrogens (tertiary/aromatic N) is 2. The van der Waals surface area contributed by atoms with E-state index in [-0.39, 0.29) is 23.0 Å². The van der Waals surface area contributed by atoms with Crippen LogP contribution in [0.25, 0.3) is 0 Å². The molecule has 1 aromatic carbocycles. The highest BCUT2D eigenvalue weighted by molar-refractivity contribution is 7.89. The Bertz CT molecular complexity index is 859. The van der Waals surface area contributed by atoms with Crippen molar-refractivity contribution >= 4 is 21.9 Å². The van der Waals surface area contributed by atoms with Crippen molar-refractivity contribution in [1.29, 1.82) is 0 Å². The number of carbonyl (C=O) groups is 2. The zero-order chi connectivity index (χ0) is 20.2. The molecular weight excluding hydrogens is 368 g/mol. The molecule has 0 radical (unpaired) electrons. The summed E-state index contributed by atoms with van der Waals surface area (Å²) >= 11 is 0. The highest BCUT2D eigenvalue weighted by atomic mass is 32.2. The van der Waals surface area contributed by atoms with Gasteiger partial charge in [0.25, 0.3) is 5.91 Å². The first-order valence-corrected chi connectivity index (χ1v) is 10.3. The Morgan fingerprint density at radius 2 is 1.93 bits per heavy atom. The summed E-state index contributed by atoms with van der Waals surface area (Å²) in [4.78, 5) is 26.5. The van der Waals surface area contributed by atoms with Crippen molar-refractivity contribution in [1.82, 2.24) is 9.21 Å². The van der Waals surface area contributed by atoms with Gasteiger partial charge in [-0.25, -0.2) is 17.5 Å². The largest absolute Gasteiger partial charge is 0.452 e. The molecule has 0 heterocycles. The molecule has 27 heavy (non-hydrogen) atoms. The van der Waals surface area contributed by atoms with Gasteiger partial charge in [0.05, 0.1) is 10.5 Å². The van der Waals surface area contributed by atoms with Crippen LogP contribution in [0.3, 0.4) is 0 Å². The number of carbonyl (C=O) groups excluding carboxylic acids is 2. The fraction of sp³-hybridized carbons (Fsp3) is 0.474. The summed E-state index contributed by atoms with van der Waals surface area (Å²) in [5, 5.41) is 0. The molecule has 0 unspecified atom stereocenters. The van der Waals surface area contributed by atoms with E-state index in [2.05, 4.69) is 0 Å². The summed E-state index contributed by atoms with van der Waals surface area (Å²) < 4.78 is 30.8. The van der Waals surface area contributed by atoms with Crippen molar-refractivity contribution in [2.24, 2.45) is 0 Å². The van der Waals surface area contributed by atoms with Crippen molar-refractivity contribution in [3.05, 3.63) is 41.1 Å². The van der Waals surface area contributed by atoms with Crippen LogP contribution < -0.4 is 0 Å². The quantitative estimate of drug-likeness (QED) is 0.663. The van der Waals surface area contributed by atoms with E-state index in [9.17, 15) is 18.0 Å². The molecule has 0 saturated heterocycles. The second-order valence-electron chi connectivity index (χ2n) is 6.57. The Balaban J connectivity index is 2.12. The van der Waals surface area contributed by atoms with Gasteiger partial charge in [-0.3, -0.25) is 4.79 Å². The number of esters is 1. The number of rotatable bonds is 7. The first-order chi connectivity index (χ1) is 12.7. The third kappa shape index (κ3) is 4.75. The number of likely N-dealkylation sites (N-methyl/N-ethyl adjacent to an activating group) is 1. The lowest BCUT2D eigenvalue weighted by Crippen LogP contribution is -2.33. The molecule has 1 amide bonds. The first-order valence-electron chi connectivity index (χ1n) is 8.88. The zero-order valence-electron chi connectivity index (χ0n) is 16.2. The number of aryl methyl sites for hydroxylation is 1.